The zero-order valence-corrected chi connectivity index (χ0v) is 14.8. The van der Waals surface area contributed by atoms with Crippen molar-refractivity contribution in [2.75, 3.05) is 0 Å². The summed E-state index contributed by atoms with van der Waals surface area (Å²) in [6, 6.07) is 11.4. The molecule has 1 aromatic heterocycles. The summed E-state index contributed by atoms with van der Waals surface area (Å²) < 4.78 is 28.4. The van der Waals surface area contributed by atoms with Gasteiger partial charge in [0, 0.05) is 17.5 Å². The van der Waals surface area contributed by atoms with Gasteiger partial charge in [-0.1, -0.05) is 35.9 Å². The minimum Gasteiger partial charge on any atom is -0.449 e. The molecule has 2 aromatic carbocycles. The molecule has 3 N–H and O–H groups in total. The van der Waals surface area contributed by atoms with E-state index < -0.39 is 15.9 Å². The van der Waals surface area contributed by atoms with Gasteiger partial charge in [0.15, 0.2) is 11.3 Å². The molecule has 0 atom stereocenters. The highest BCUT2D eigenvalue weighted by Gasteiger charge is 2.19. The van der Waals surface area contributed by atoms with Crippen LogP contribution in [0.4, 0.5) is 0 Å². The molecule has 0 fully saturated rings. The summed E-state index contributed by atoms with van der Waals surface area (Å²) >= 11 is 6.09. The molecule has 0 saturated heterocycles. The molecule has 25 heavy (non-hydrogen) atoms. The number of furan rings is 1. The number of hydrogen-bond donors (Lipinski definition) is 2. The SMILES string of the molecule is Cc1c(C(=O)NCc2cccc(S(N)(=O)=O)c2)oc2c(Cl)cccc12. The Labute approximate surface area is 149 Å². The van der Waals surface area contributed by atoms with Gasteiger partial charge in [-0.2, -0.15) is 0 Å². The molecule has 0 radical (unpaired) electrons. The van der Waals surface area contributed by atoms with Gasteiger partial charge in [0.05, 0.1) is 9.92 Å². The van der Waals surface area contributed by atoms with Gasteiger partial charge in [0.1, 0.15) is 0 Å². The first-order valence-corrected chi connectivity index (χ1v) is 9.27. The molecule has 0 bridgehead atoms. The molecule has 3 rings (SSSR count). The standard InChI is InChI=1S/C17H15ClN2O4S/c1-10-13-6-3-7-14(18)16(13)24-15(10)17(21)20-9-11-4-2-5-12(8-11)25(19,22)23/h2-8H,9H2,1H3,(H,20,21)(H2,19,22,23). The van der Waals surface area contributed by atoms with E-state index in [0.29, 0.717) is 21.7 Å². The number of nitrogens with one attached hydrogen (secondary N) is 1. The predicted octanol–water partition coefficient (Wildman–Crippen LogP) is 2.97. The molecule has 0 aliphatic carbocycles. The maximum absolute atomic E-state index is 12.4. The third-order valence-electron chi connectivity index (χ3n) is 3.80. The lowest BCUT2D eigenvalue weighted by Crippen LogP contribution is -2.23. The van der Waals surface area contributed by atoms with Crippen molar-refractivity contribution in [2.45, 2.75) is 18.4 Å². The minimum atomic E-state index is -3.79. The van der Waals surface area contributed by atoms with Gasteiger partial charge < -0.3 is 9.73 Å². The zero-order valence-electron chi connectivity index (χ0n) is 13.2. The van der Waals surface area contributed by atoms with Gasteiger partial charge in [0.25, 0.3) is 5.91 Å². The molecule has 3 aromatic rings. The van der Waals surface area contributed by atoms with Crippen molar-refractivity contribution in [3.63, 3.8) is 0 Å². The largest absolute Gasteiger partial charge is 0.449 e. The molecule has 0 aliphatic rings. The Morgan fingerprint density at radius 1 is 1.24 bits per heavy atom. The molecule has 0 aliphatic heterocycles. The third kappa shape index (κ3) is 3.53. The number of amides is 1. The lowest BCUT2D eigenvalue weighted by Gasteiger charge is -2.06. The Morgan fingerprint density at radius 3 is 2.64 bits per heavy atom. The number of primary sulfonamides is 1. The second-order valence-electron chi connectivity index (χ2n) is 5.55. The van der Waals surface area contributed by atoms with Crippen LogP contribution in [0, 0.1) is 6.92 Å². The quantitative estimate of drug-likeness (QED) is 0.728. The minimum absolute atomic E-state index is 0.00838. The van der Waals surface area contributed by atoms with E-state index in [0.717, 1.165) is 5.39 Å². The molecule has 0 saturated carbocycles. The zero-order chi connectivity index (χ0) is 18.2. The van der Waals surface area contributed by atoms with Crippen molar-refractivity contribution in [1.82, 2.24) is 5.32 Å². The van der Waals surface area contributed by atoms with E-state index in [-0.39, 0.29) is 17.2 Å². The fourth-order valence-electron chi connectivity index (χ4n) is 2.52. The Balaban J connectivity index is 1.82. The van der Waals surface area contributed by atoms with Crippen LogP contribution in [0.15, 0.2) is 51.8 Å². The summed E-state index contributed by atoms with van der Waals surface area (Å²) in [5.74, 6) is -0.239. The maximum atomic E-state index is 12.4. The van der Waals surface area contributed by atoms with E-state index in [4.69, 9.17) is 21.2 Å². The Hall–Kier alpha value is -2.35. The van der Waals surface area contributed by atoms with Crippen molar-refractivity contribution in [3.8, 4) is 0 Å². The van der Waals surface area contributed by atoms with E-state index in [1.165, 1.54) is 12.1 Å². The Kier molecular flexibility index (Phi) is 4.55. The number of para-hydroxylation sites is 1. The summed E-state index contributed by atoms with van der Waals surface area (Å²) in [6.07, 6.45) is 0. The van der Waals surface area contributed by atoms with Gasteiger partial charge in [-0.3, -0.25) is 4.79 Å². The average molecular weight is 379 g/mol. The topological polar surface area (TPSA) is 102 Å². The number of carbonyl (C=O) groups excluding carboxylic acids is 1. The molecule has 130 valence electrons. The van der Waals surface area contributed by atoms with Gasteiger partial charge >= 0.3 is 0 Å². The van der Waals surface area contributed by atoms with Crippen LogP contribution >= 0.6 is 11.6 Å². The molecule has 8 heteroatoms. The van der Waals surface area contributed by atoms with Crippen LogP contribution in [0.25, 0.3) is 11.0 Å². The van der Waals surface area contributed by atoms with Crippen LogP contribution in [0.3, 0.4) is 0 Å². The van der Waals surface area contributed by atoms with Crippen molar-refractivity contribution >= 4 is 38.5 Å². The van der Waals surface area contributed by atoms with Crippen LogP contribution in [-0.4, -0.2) is 14.3 Å². The summed E-state index contributed by atoms with van der Waals surface area (Å²) in [7, 11) is -3.79. The number of carbonyl (C=O) groups is 1. The second kappa shape index (κ2) is 6.51. The van der Waals surface area contributed by atoms with Crippen LogP contribution < -0.4 is 10.5 Å². The highest BCUT2D eigenvalue weighted by Crippen LogP contribution is 2.30. The van der Waals surface area contributed by atoms with Crippen molar-refractivity contribution in [2.24, 2.45) is 5.14 Å². The molecule has 1 amide bonds. The van der Waals surface area contributed by atoms with Gasteiger partial charge in [-0.05, 0) is 30.7 Å². The fourth-order valence-corrected chi connectivity index (χ4v) is 3.32. The highest BCUT2D eigenvalue weighted by atomic mass is 35.5. The number of rotatable bonds is 4. The Bertz CT molecular complexity index is 1070. The number of benzene rings is 2. The van der Waals surface area contributed by atoms with Gasteiger partial charge in [0.2, 0.25) is 10.0 Å². The second-order valence-corrected chi connectivity index (χ2v) is 7.52. The van der Waals surface area contributed by atoms with E-state index in [1.807, 2.05) is 6.07 Å². The maximum Gasteiger partial charge on any atom is 0.287 e. The van der Waals surface area contributed by atoms with Crippen LogP contribution in [0.2, 0.25) is 5.02 Å². The monoisotopic (exact) mass is 378 g/mol. The number of hydrogen-bond acceptors (Lipinski definition) is 4. The number of sulfonamides is 1. The van der Waals surface area contributed by atoms with Crippen molar-refractivity contribution < 1.29 is 17.6 Å². The van der Waals surface area contributed by atoms with E-state index in [2.05, 4.69) is 5.32 Å². The van der Waals surface area contributed by atoms with Crippen molar-refractivity contribution in [1.29, 1.82) is 0 Å². The van der Waals surface area contributed by atoms with E-state index in [1.54, 1.807) is 31.2 Å². The fraction of sp³-hybridized carbons (Fsp3) is 0.118. The van der Waals surface area contributed by atoms with Crippen molar-refractivity contribution in [3.05, 3.63) is 64.4 Å². The Morgan fingerprint density at radius 2 is 1.96 bits per heavy atom. The summed E-state index contributed by atoms with van der Waals surface area (Å²) in [6.45, 7) is 1.91. The number of aryl methyl sites for hydroxylation is 1. The molecular formula is C17H15ClN2O4S. The van der Waals surface area contributed by atoms with Crippen LogP contribution in [0.1, 0.15) is 21.7 Å². The molecule has 1 heterocycles. The number of nitrogens with two attached hydrogens (primary N) is 1. The van der Waals surface area contributed by atoms with Gasteiger partial charge in [-0.15, -0.1) is 0 Å². The molecule has 0 unspecified atom stereocenters. The summed E-state index contributed by atoms with van der Waals surface area (Å²) in [4.78, 5) is 12.4. The first-order valence-electron chi connectivity index (χ1n) is 7.35. The molecular weight excluding hydrogens is 364 g/mol. The normalized spacial score (nSPS) is 11.6. The highest BCUT2D eigenvalue weighted by molar-refractivity contribution is 7.89. The first kappa shape index (κ1) is 17.5. The summed E-state index contributed by atoms with van der Waals surface area (Å²) in [5, 5.41) is 9.01. The lowest BCUT2D eigenvalue weighted by atomic mass is 10.1. The summed E-state index contributed by atoms with van der Waals surface area (Å²) in [5.41, 5.74) is 1.75. The number of fused-ring (bicyclic) bond motifs is 1. The van der Waals surface area contributed by atoms with E-state index >= 15 is 0 Å². The molecule has 6 nitrogen and oxygen atoms in total. The average Bonchev–Trinajstić information content (AvgIpc) is 2.91. The van der Waals surface area contributed by atoms with Crippen LogP contribution in [-0.2, 0) is 16.6 Å². The lowest BCUT2D eigenvalue weighted by molar-refractivity contribution is 0.0924. The first-order chi connectivity index (χ1) is 11.8. The smallest absolute Gasteiger partial charge is 0.287 e. The third-order valence-corrected chi connectivity index (χ3v) is 5.01. The van der Waals surface area contributed by atoms with Crippen LogP contribution in [0.5, 0.6) is 0 Å². The van der Waals surface area contributed by atoms with E-state index in [9.17, 15) is 13.2 Å². The predicted molar refractivity (Wildman–Crippen MR) is 94.9 cm³/mol. The number of halogens is 1. The van der Waals surface area contributed by atoms with Gasteiger partial charge in [-0.25, -0.2) is 13.6 Å². The molecule has 0 spiro atoms.